The molecule has 1 aromatic carbocycles. The van der Waals surface area contributed by atoms with Crippen molar-refractivity contribution in [2.45, 2.75) is 44.9 Å². The van der Waals surface area contributed by atoms with Crippen molar-refractivity contribution in [3.05, 3.63) is 39.8 Å². The number of amides is 1. The van der Waals surface area contributed by atoms with E-state index in [9.17, 15) is 4.79 Å². The summed E-state index contributed by atoms with van der Waals surface area (Å²) < 4.78 is 11.5. The van der Waals surface area contributed by atoms with Crippen molar-refractivity contribution < 1.29 is 14.3 Å². The van der Waals surface area contributed by atoms with Crippen molar-refractivity contribution in [3.63, 3.8) is 0 Å². The Morgan fingerprint density at radius 3 is 2.77 bits per heavy atom. The van der Waals surface area contributed by atoms with Gasteiger partial charge >= 0.3 is 0 Å². The Hall–Kier alpha value is -1.83. The molecule has 6 nitrogen and oxygen atoms in total. The number of halogens is 1. The second kappa shape index (κ2) is 9.75. The van der Waals surface area contributed by atoms with Gasteiger partial charge in [-0.25, -0.2) is 4.98 Å². The first-order valence-electron chi connectivity index (χ1n) is 8.46. The smallest absolute Gasteiger partial charge is 0.271 e. The Morgan fingerprint density at radius 1 is 1.35 bits per heavy atom. The molecule has 1 saturated carbocycles. The van der Waals surface area contributed by atoms with E-state index in [1.807, 2.05) is 18.2 Å². The molecule has 1 amide bonds. The zero-order valence-electron chi connectivity index (χ0n) is 14.7. The van der Waals surface area contributed by atoms with E-state index in [4.69, 9.17) is 15.2 Å². The number of thiazole rings is 1. The second-order valence-electron chi connectivity index (χ2n) is 6.02. The molecular weight excluding hydrogens is 374 g/mol. The largest absolute Gasteiger partial charge is 0.493 e. The molecule has 3 N–H and O–H groups in total. The molecule has 2 aromatic rings. The summed E-state index contributed by atoms with van der Waals surface area (Å²) in [7, 11) is 1.63. The normalized spacial score (nSPS) is 13.9. The molecule has 8 heteroatoms. The first-order valence-corrected chi connectivity index (χ1v) is 9.34. The van der Waals surface area contributed by atoms with Crippen molar-refractivity contribution in [1.82, 2.24) is 10.3 Å². The standard InChI is InChI=1S/C18H23N3O3S.ClH/c1-23-15-7-6-12(8-16(15)24-13-4-2-3-5-13)10-20-18(22)14-11-25-17(9-19)21-14;/h6-8,11,13H,2-5,9-10,19H2,1H3,(H,20,22);1H. The number of carbonyl (C=O) groups excluding carboxylic acids is 1. The maximum Gasteiger partial charge on any atom is 0.271 e. The second-order valence-corrected chi connectivity index (χ2v) is 6.97. The van der Waals surface area contributed by atoms with Crippen LogP contribution < -0.4 is 20.5 Å². The Morgan fingerprint density at radius 2 is 2.12 bits per heavy atom. The minimum absolute atomic E-state index is 0. The van der Waals surface area contributed by atoms with E-state index in [1.54, 1.807) is 12.5 Å². The van der Waals surface area contributed by atoms with Gasteiger partial charge in [0.25, 0.3) is 5.91 Å². The van der Waals surface area contributed by atoms with Crippen LogP contribution in [0.4, 0.5) is 0 Å². The summed E-state index contributed by atoms with van der Waals surface area (Å²) in [5.74, 6) is 1.25. The monoisotopic (exact) mass is 397 g/mol. The van der Waals surface area contributed by atoms with Crippen molar-refractivity contribution >= 4 is 29.7 Å². The number of benzene rings is 1. The minimum atomic E-state index is -0.204. The number of aromatic nitrogens is 1. The molecule has 0 unspecified atom stereocenters. The molecule has 26 heavy (non-hydrogen) atoms. The SMILES string of the molecule is COc1ccc(CNC(=O)c2csc(CN)n2)cc1OC1CCCC1.Cl. The predicted octanol–water partition coefficient (Wildman–Crippen LogP) is 3.28. The average molecular weight is 398 g/mol. The molecule has 3 rings (SSSR count). The molecule has 1 fully saturated rings. The highest BCUT2D eigenvalue weighted by molar-refractivity contribution is 7.09. The van der Waals surface area contributed by atoms with Gasteiger partial charge in [-0.15, -0.1) is 23.7 Å². The summed E-state index contributed by atoms with van der Waals surface area (Å²) in [6.45, 7) is 0.748. The molecule has 0 bridgehead atoms. The highest BCUT2D eigenvalue weighted by Gasteiger charge is 2.19. The van der Waals surface area contributed by atoms with E-state index in [2.05, 4.69) is 10.3 Å². The van der Waals surface area contributed by atoms with E-state index in [1.165, 1.54) is 24.2 Å². The van der Waals surface area contributed by atoms with Gasteiger partial charge in [-0.2, -0.15) is 0 Å². The summed E-state index contributed by atoms with van der Waals surface area (Å²) in [6, 6.07) is 5.73. The molecule has 142 valence electrons. The van der Waals surface area contributed by atoms with Gasteiger partial charge in [0.2, 0.25) is 0 Å². The lowest BCUT2D eigenvalue weighted by molar-refractivity contribution is 0.0946. The Labute approximate surface area is 163 Å². The fraction of sp³-hybridized carbons (Fsp3) is 0.444. The van der Waals surface area contributed by atoms with Crippen LogP contribution >= 0.6 is 23.7 Å². The summed E-state index contributed by atoms with van der Waals surface area (Å²) in [6.07, 6.45) is 4.83. The number of hydrogen-bond acceptors (Lipinski definition) is 6. The third-order valence-corrected chi connectivity index (χ3v) is 5.11. The van der Waals surface area contributed by atoms with Crippen molar-refractivity contribution in [2.24, 2.45) is 5.73 Å². The Balaban J connectivity index is 0.00000243. The predicted molar refractivity (Wildman–Crippen MR) is 104 cm³/mol. The number of nitrogens with zero attached hydrogens (tertiary/aromatic N) is 1. The Kier molecular flexibility index (Phi) is 7.68. The number of nitrogens with one attached hydrogen (secondary N) is 1. The molecule has 1 aliphatic rings. The van der Waals surface area contributed by atoms with E-state index in [0.717, 1.165) is 29.2 Å². The van der Waals surface area contributed by atoms with E-state index in [-0.39, 0.29) is 24.4 Å². The third kappa shape index (κ3) is 5.09. The van der Waals surface area contributed by atoms with E-state index < -0.39 is 0 Å². The van der Waals surface area contributed by atoms with Gasteiger partial charge in [-0.05, 0) is 43.4 Å². The zero-order valence-corrected chi connectivity index (χ0v) is 16.3. The molecule has 0 radical (unpaired) electrons. The fourth-order valence-corrected chi connectivity index (χ4v) is 3.55. The van der Waals surface area contributed by atoms with Gasteiger partial charge < -0.3 is 20.5 Å². The molecule has 0 atom stereocenters. The molecule has 1 aromatic heterocycles. The lowest BCUT2D eigenvalue weighted by atomic mass is 10.2. The van der Waals surface area contributed by atoms with Crippen LogP contribution in [-0.4, -0.2) is 24.1 Å². The molecule has 0 aliphatic heterocycles. The van der Waals surface area contributed by atoms with E-state index >= 15 is 0 Å². The summed E-state index contributed by atoms with van der Waals surface area (Å²) in [5, 5.41) is 5.35. The van der Waals surface area contributed by atoms with Gasteiger partial charge in [-0.3, -0.25) is 4.79 Å². The van der Waals surface area contributed by atoms with Crippen LogP contribution in [0.5, 0.6) is 11.5 Å². The highest BCUT2D eigenvalue weighted by Crippen LogP contribution is 2.32. The number of methoxy groups -OCH3 is 1. The van der Waals surface area contributed by atoms with Crippen LogP contribution in [0.15, 0.2) is 23.6 Å². The summed E-state index contributed by atoms with van der Waals surface area (Å²) in [5.41, 5.74) is 6.89. The van der Waals surface area contributed by atoms with Gasteiger partial charge in [-0.1, -0.05) is 6.07 Å². The first-order chi connectivity index (χ1) is 12.2. The Bertz CT molecular complexity index is 732. The van der Waals surface area contributed by atoms with E-state index in [0.29, 0.717) is 24.5 Å². The maximum absolute atomic E-state index is 12.2. The lowest BCUT2D eigenvalue weighted by Gasteiger charge is -2.17. The molecule has 1 heterocycles. The number of hydrogen-bond donors (Lipinski definition) is 2. The van der Waals surface area contributed by atoms with Gasteiger partial charge in [0, 0.05) is 18.5 Å². The van der Waals surface area contributed by atoms with Gasteiger partial charge in [0.05, 0.1) is 13.2 Å². The topological polar surface area (TPSA) is 86.5 Å². The third-order valence-electron chi connectivity index (χ3n) is 4.24. The summed E-state index contributed by atoms with van der Waals surface area (Å²) in [4.78, 5) is 16.4. The maximum atomic E-state index is 12.2. The van der Waals surface area contributed by atoms with Crippen LogP contribution in [0.3, 0.4) is 0 Å². The highest BCUT2D eigenvalue weighted by atomic mass is 35.5. The van der Waals surface area contributed by atoms with Crippen LogP contribution in [0, 0.1) is 0 Å². The zero-order chi connectivity index (χ0) is 17.6. The number of nitrogens with two attached hydrogens (primary N) is 1. The molecule has 0 saturated heterocycles. The van der Waals surface area contributed by atoms with Crippen molar-refractivity contribution in [3.8, 4) is 11.5 Å². The van der Waals surface area contributed by atoms with Crippen molar-refractivity contribution in [1.29, 1.82) is 0 Å². The van der Waals surface area contributed by atoms with Gasteiger partial charge in [0.1, 0.15) is 10.7 Å². The number of ether oxygens (including phenoxy) is 2. The van der Waals surface area contributed by atoms with Crippen molar-refractivity contribution in [2.75, 3.05) is 7.11 Å². The number of carbonyl (C=O) groups is 1. The molecule has 1 aliphatic carbocycles. The summed E-state index contributed by atoms with van der Waals surface area (Å²) >= 11 is 1.39. The lowest BCUT2D eigenvalue weighted by Crippen LogP contribution is -2.23. The molecule has 0 spiro atoms. The minimum Gasteiger partial charge on any atom is -0.493 e. The van der Waals surface area contributed by atoms with Crippen LogP contribution in [0.1, 0.15) is 46.7 Å². The van der Waals surface area contributed by atoms with Crippen LogP contribution in [-0.2, 0) is 13.1 Å². The first kappa shape index (κ1) is 20.5. The van der Waals surface area contributed by atoms with Crippen LogP contribution in [0.2, 0.25) is 0 Å². The van der Waals surface area contributed by atoms with Gasteiger partial charge in [0.15, 0.2) is 11.5 Å². The fourth-order valence-electron chi connectivity index (χ4n) is 2.89. The molecular formula is C18H24ClN3O3S. The number of rotatable bonds is 7. The quantitative estimate of drug-likeness (QED) is 0.748. The average Bonchev–Trinajstić information content (AvgIpc) is 3.31. The van der Waals surface area contributed by atoms with Crippen LogP contribution in [0.25, 0.3) is 0 Å².